The normalized spacial score (nSPS) is 10.2. The zero-order valence-corrected chi connectivity index (χ0v) is 11.5. The second-order valence-electron chi connectivity index (χ2n) is 4.25. The Bertz CT molecular complexity index is 640. The van der Waals surface area contributed by atoms with Crippen molar-refractivity contribution in [2.45, 2.75) is 6.54 Å². The molecule has 1 aromatic heterocycles. The van der Waals surface area contributed by atoms with Gasteiger partial charge in [-0.3, -0.25) is 14.9 Å². The number of phenols is 1. The van der Waals surface area contributed by atoms with Crippen LogP contribution in [0.4, 0.5) is 5.69 Å². The second-order valence-corrected chi connectivity index (χ2v) is 5.03. The predicted octanol–water partition coefficient (Wildman–Crippen LogP) is 2.63. The summed E-state index contributed by atoms with van der Waals surface area (Å²) in [5, 5.41) is 24.0. The molecule has 0 aliphatic heterocycles. The third-order valence-electron chi connectivity index (χ3n) is 2.77. The van der Waals surface area contributed by atoms with Crippen LogP contribution in [-0.4, -0.2) is 27.9 Å². The molecule has 20 heavy (non-hydrogen) atoms. The van der Waals surface area contributed by atoms with Crippen LogP contribution in [0.5, 0.6) is 5.75 Å². The molecule has 1 amide bonds. The number of phenolic OH excluding ortho intramolecular Hbond substituents is 1. The molecular formula is C13H12N2O4S. The van der Waals surface area contributed by atoms with Gasteiger partial charge < -0.3 is 10.0 Å². The van der Waals surface area contributed by atoms with E-state index in [1.54, 1.807) is 18.4 Å². The minimum Gasteiger partial charge on any atom is -0.502 e. The van der Waals surface area contributed by atoms with Crippen LogP contribution in [0, 0.1) is 10.1 Å². The summed E-state index contributed by atoms with van der Waals surface area (Å²) in [4.78, 5) is 23.5. The van der Waals surface area contributed by atoms with Gasteiger partial charge in [0.15, 0.2) is 5.75 Å². The monoisotopic (exact) mass is 292 g/mol. The zero-order valence-electron chi connectivity index (χ0n) is 10.6. The van der Waals surface area contributed by atoms with E-state index in [2.05, 4.69) is 0 Å². The van der Waals surface area contributed by atoms with Gasteiger partial charge in [-0.2, -0.15) is 11.3 Å². The quantitative estimate of drug-likeness (QED) is 0.693. The summed E-state index contributed by atoms with van der Waals surface area (Å²) in [6, 6.07) is 5.50. The van der Waals surface area contributed by atoms with Crippen molar-refractivity contribution < 1.29 is 14.8 Å². The first kappa shape index (κ1) is 14.0. The molecule has 0 aliphatic rings. The summed E-state index contributed by atoms with van der Waals surface area (Å²) in [6.07, 6.45) is 0. The van der Waals surface area contributed by atoms with E-state index in [-0.39, 0.29) is 11.5 Å². The van der Waals surface area contributed by atoms with Crippen LogP contribution in [0.3, 0.4) is 0 Å². The zero-order chi connectivity index (χ0) is 14.7. The van der Waals surface area contributed by atoms with E-state index in [0.29, 0.717) is 6.54 Å². The van der Waals surface area contributed by atoms with Gasteiger partial charge >= 0.3 is 5.69 Å². The van der Waals surface area contributed by atoms with Crippen molar-refractivity contribution in [2.24, 2.45) is 0 Å². The minimum atomic E-state index is -0.696. The van der Waals surface area contributed by atoms with Gasteiger partial charge in [0, 0.05) is 25.2 Å². The lowest BCUT2D eigenvalue weighted by molar-refractivity contribution is -0.385. The smallest absolute Gasteiger partial charge is 0.310 e. The maximum absolute atomic E-state index is 12.2. The highest BCUT2D eigenvalue weighted by molar-refractivity contribution is 7.07. The summed E-state index contributed by atoms with van der Waals surface area (Å²) < 4.78 is 0. The van der Waals surface area contributed by atoms with Gasteiger partial charge in [0.05, 0.1) is 4.92 Å². The van der Waals surface area contributed by atoms with Crippen molar-refractivity contribution in [1.82, 2.24) is 4.90 Å². The fourth-order valence-electron chi connectivity index (χ4n) is 1.76. The molecule has 0 radical (unpaired) electrons. The van der Waals surface area contributed by atoms with E-state index in [1.807, 2.05) is 16.8 Å². The van der Waals surface area contributed by atoms with Gasteiger partial charge in [-0.25, -0.2) is 0 Å². The molecule has 1 N–H and O–H groups in total. The molecule has 0 fully saturated rings. The molecule has 2 aromatic rings. The molecular weight excluding hydrogens is 280 g/mol. The number of rotatable bonds is 4. The molecule has 0 bridgehead atoms. The largest absolute Gasteiger partial charge is 0.502 e. The number of aromatic hydroxyl groups is 1. The Morgan fingerprint density at radius 2 is 2.20 bits per heavy atom. The number of nitrogens with zero attached hydrogens (tertiary/aromatic N) is 2. The van der Waals surface area contributed by atoms with Crippen molar-refractivity contribution in [1.29, 1.82) is 0 Å². The van der Waals surface area contributed by atoms with Crippen molar-refractivity contribution >= 4 is 22.9 Å². The molecule has 0 unspecified atom stereocenters. The summed E-state index contributed by atoms with van der Waals surface area (Å²) >= 11 is 1.54. The molecule has 6 nitrogen and oxygen atoms in total. The number of benzene rings is 1. The number of carbonyl (C=O) groups is 1. The van der Waals surface area contributed by atoms with Gasteiger partial charge in [0.25, 0.3) is 5.91 Å². The van der Waals surface area contributed by atoms with E-state index in [9.17, 15) is 20.0 Å². The van der Waals surface area contributed by atoms with Crippen molar-refractivity contribution in [3.8, 4) is 5.75 Å². The van der Waals surface area contributed by atoms with Crippen LogP contribution < -0.4 is 0 Å². The van der Waals surface area contributed by atoms with Crippen LogP contribution in [0.1, 0.15) is 15.9 Å². The van der Waals surface area contributed by atoms with Crippen LogP contribution in [0.15, 0.2) is 35.0 Å². The highest BCUT2D eigenvalue weighted by atomic mass is 32.1. The fraction of sp³-hybridized carbons (Fsp3) is 0.154. The topological polar surface area (TPSA) is 83.7 Å². The number of hydrogen-bond donors (Lipinski definition) is 1. The highest BCUT2D eigenvalue weighted by Gasteiger charge is 2.18. The van der Waals surface area contributed by atoms with E-state index < -0.39 is 16.4 Å². The van der Waals surface area contributed by atoms with Crippen molar-refractivity contribution in [2.75, 3.05) is 7.05 Å². The van der Waals surface area contributed by atoms with Crippen molar-refractivity contribution in [3.05, 3.63) is 56.3 Å². The average molecular weight is 292 g/mol. The maximum Gasteiger partial charge on any atom is 0.310 e. The number of nitro benzene ring substituents is 1. The number of thiophene rings is 1. The average Bonchev–Trinajstić information content (AvgIpc) is 2.90. The first-order valence-corrected chi connectivity index (χ1v) is 6.67. The molecule has 1 aromatic carbocycles. The number of amides is 1. The number of carbonyl (C=O) groups excluding carboxylic acids is 1. The Balaban J connectivity index is 2.16. The van der Waals surface area contributed by atoms with E-state index in [1.165, 1.54) is 11.0 Å². The highest BCUT2D eigenvalue weighted by Crippen LogP contribution is 2.26. The minimum absolute atomic E-state index is 0.214. The summed E-state index contributed by atoms with van der Waals surface area (Å²) in [5.41, 5.74) is 0.810. The molecule has 2 rings (SSSR count). The first-order chi connectivity index (χ1) is 9.49. The Morgan fingerprint density at radius 1 is 1.45 bits per heavy atom. The first-order valence-electron chi connectivity index (χ1n) is 5.73. The summed E-state index contributed by atoms with van der Waals surface area (Å²) in [5.74, 6) is -0.814. The molecule has 0 aliphatic carbocycles. The van der Waals surface area contributed by atoms with Gasteiger partial charge in [0.1, 0.15) is 0 Å². The lowest BCUT2D eigenvalue weighted by Crippen LogP contribution is -2.25. The lowest BCUT2D eigenvalue weighted by atomic mass is 10.1. The molecule has 1 heterocycles. The SMILES string of the molecule is CN(Cc1ccsc1)C(=O)c1ccc([N+](=O)[O-])c(O)c1. The van der Waals surface area contributed by atoms with Gasteiger partial charge in [-0.05, 0) is 34.5 Å². The maximum atomic E-state index is 12.2. The molecule has 0 spiro atoms. The van der Waals surface area contributed by atoms with Crippen LogP contribution >= 0.6 is 11.3 Å². The molecule has 0 saturated heterocycles. The van der Waals surface area contributed by atoms with Gasteiger partial charge in [-0.15, -0.1) is 0 Å². The molecule has 104 valence electrons. The van der Waals surface area contributed by atoms with Crippen LogP contribution in [0.25, 0.3) is 0 Å². The van der Waals surface area contributed by atoms with E-state index in [0.717, 1.165) is 17.7 Å². The number of nitro groups is 1. The van der Waals surface area contributed by atoms with Gasteiger partial charge in [-0.1, -0.05) is 0 Å². The van der Waals surface area contributed by atoms with E-state index >= 15 is 0 Å². The van der Waals surface area contributed by atoms with Crippen LogP contribution in [0.2, 0.25) is 0 Å². The Hall–Kier alpha value is -2.41. The third kappa shape index (κ3) is 2.94. The second kappa shape index (κ2) is 5.70. The van der Waals surface area contributed by atoms with E-state index in [4.69, 9.17) is 0 Å². The predicted molar refractivity (Wildman–Crippen MR) is 74.9 cm³/mol. The summed E-state index contributed by atoms with van der Waals surface area (Å²) in [6.45, 7) is 0.445. The number of hydrogen-bond acceptors (Lipinski definition) is 5. The van der Waals surface area contributed by atoms with Crippen LogP contribution in [-0.2, 0) is 6.54 Å². The standard InChI is InChI=1S/C13H12N2O4S/c1-14(7-9-4-5-20-8-9)13(17)10-2-3-11(15(18)19)12(16)6-10/h2-6,8,16H,7H2,1H3. The Kier molecular flexibility index (Phi) is 3.99. The van der Waals surface area contributed by atoms with Crippen molar-refractivity contribution in [3.63, 3.8) is 0 Å². The fourth-order valence-corrected chi connectivity index (χ4v) is 2.42. The lowest BCUT2D eigenvalue weighted by Gasteiger charge is -2.16. The third-order valence-corrected chi connectivity index (χ3v) is 3.50. The summed E-state index contributed by atoms with van der Waals surface area (Å²) in [7, 11) is 1.64. The Labute approximate surface area is 119 Å². The molecule has 0 atom stereocenters. The molecule has 0 saturated carbocycles. The Morgan fingerprint density at radius 3 is 2.75 bits per heavy atom. The van der Waals surface area contributed by atoms with Gasteiger partial charge in [0.2, 0.25) is 0 Å². The molecule has 7 heteroatoms.